The monoisotopic (exact) mass is 216 g/mol. The molecule has 0 atom stereocenters. The molecule has 1 aliphatic rings. The van der Waals surface area contributed by atoms with Gasteiger partial charge in [0.05, 0.1) is 5.69 Å². The number of rotatable bonds is 1. The third-order valence-electron chi connectivity index (χ3n) is 2.75. The standard InChI is InChI=1S/C12H12N2S/c13-9-6-4-8(5-7-9)12-14-10-2-1-3-11(10)15-12/h4-7H,1-3,13H2. The minimum absolute atomic E-state index is 0.808. The average Bonchev–Trinajstić information content (AvgIpc) is 2.78. The molecule has 1 aliphatic carbocycles. The Labute approximate surface area is 92.8 Å². The van der Waals surface area contributed by atoms with Crippen LogP contribution in [0.5, 0.6) is 0 Å². The molecule has 0 aliphatic heterocycles. The number of nitrogens with two attached hydrogens (primary N) is 1. The zero-order chi connectivity index (χ0) is 10.3. The summed E-state index contributed by atoms with van der Waals surface area (Å²) in [5, 5.41) is 1.14. The molecular formula is C12H12N2S. The molecule has 1 aromatic carbocycles. The first-order valence-electron chi connectivity index (χ1n) is 5.17. The SMILES string of the molecule is Nc1ccc(-c2nc3c(s2)CCC3)cc1. The van der Waals surface area contributed by atoms with Crippen LogP contribution >= 0.6 is 11.3 Å². The number of nitrogen functional groups attached to an aromatic ring is 1. The highest BCUT2D eigenvalue weighted by Crippen LogP contribution is 2.33. The van der Waals surface area contributed by atoms with Crippen LogP contribution in [0.4, 0.5) is 5.69 Å². The Kier molecular flexibility index (Phi) is 1.99. The summed E-state index contributed by atoms with van der Waals surface area (Å²) in [6.45, 7) is 0. The summed E-state index contributed by atoms with van der Waals surface area (Å²) in [4.78, 5) is 6.14. The maximum Gasteiger partial charge on any atom is 0.123 e. The first-order chi connectivity index (χ1) is 7.33. The first kappa shape index (κ1) is 8.92. The van der Waals surface area contributed by atoms with E-state index in [9.17, 15) is 0 Å². The van der Waals surface area contributed by atoms with Gasteiger partial charge in [-0.2, -0.15) is 0 Å². The summed E-state index contributed by atoms with van der Waals surface area (Å²) in [5.74, 6) is 0. The average molecular weight is 216 g/mol. The van der Waals surface area contributed by atoms with Crippen molar-refractivity contribution in [1.29, 1.82) is 0 Å². The van der Waals surface area contributed by atoms with Gasteiger partial charge in [0.15, 0.2) is 0 Å². The van der Waals surface area contributed by atoms with E-state index in [1.807, 2.05) is 35.6 Å². The summed E-state index contributed by atoms with van der Waals surface area (Å²) in [7, 11) is 0. The molecule has 0 radical (unpaired) electrons. The number of aromatic nitrogens is 1. The van der Waals surface area contributed by atoms with Gasteiger partial charge in [-0.15, -0.1) is 11.3 Å². The highest BCUT2D eigenvalue weighted by atomic mass is 32.1. The van der Waals surface area contributed by atoms with Crippen molar-refractivity contribution >= 4 is 17.0 Å². The topological polar surface area (TPSA) is 38.9 Å². The van der Waals surface area contributed by atoms with Crippen molar-refractivity contribution < 1.29 is 0 Å². The summed E-state index contributed by atoms with van der Waals surface area (Å²) >= 11 is 1.83. The molecule has 3 heteroatoms. The maximum absolute atomic E-state index is 5.66. The lowest BCUT2D eigenvalue weighted by atomic mass is 10.2. The number of nitrogens with zero attached hydrogens (tertiary/aromatic N) is 1. The second-order valence-corrected chi connectivity index (χ2v) is 4.95. The molecule has 1 heterocycles. The highest BCUT2D eigenvalue weighted by Gasteiger charge is 2.17. The molecule has 0 saturated carbocycles. The van der Waals surface area contributed by atoms with Gasteiger partial charge >= 0.3 is 0 Å². The highest BCUT2D eigenvalue weighted by molar-refractivity contribution is 7.15. The van der Waals surface area contributed by atoms with Gasteiger partial charge in [0.2, 0.25) is 0 Å². The fourth-order valence-corrected chi connectivity index (χ4v) is 3.09. The van der Waals surface area contributed by atoms with Crippen molar-refractivity contribution in [3.8, 4) is 10.6 Å². The first-order valence-corrected chi connectivity index (χ1v) is 5.99. The zero-order valence-corrected chi connectivity index (χ0v) is 9.18. The van der Waals surface area contributed by atoms with Crippen molar-refractivity contribution in [1.82, 2.24) is 4.98 Å². The van der Waals surface area contributed by atoms with Gasteiger partial charge in [-0.25, -0.2) is 4.98 Å². The van der Waals surface area contributed by atoms with Gasteiger partial charge in [0.25, 0.3) is 0 Å². The van der Waals surface area contributed by atoms with Gasteiger partial charge in [-0.1, -0.05) is 0 Å². The Morgan fingerprint density at radius 3 is 2.67 bits per heavy atom. The molecule has 2 aromatic rings. The van der Waals surface area contributed by atoms with Crippen molar-refractivity contribution in [3.63, 3.8) is 0 Å². The Morgan fingerprint density at radius 1 is 1.13 bits per heavy atom. The summed E-state index contributed by atoms with van der Waals surface area (Å²) in [6.07, 6.45) is 3.64. The fourth-order valence-electron chi connectivity index (χ4n) is 1.94. The molecule has 2 nitrogen and oxygen atoms in total. The van der Waals surface area contributed by atoms with E-state index in [4.69, 9.17) is 5.73 Å². The lowest BCUT2D eigenvalue weighted by Gasteiger charge is -1.97. The molecule has 15 heavy (non-hydrogen) atoms. The number of hydrogen-bond donors (Lipinski definition) is 1. The zero-order valence-electron chi connectivity index (χ0n) is 8.36. The number of benzene rings is 1. The van der Waals surface area contributed by atoms with E-state index in [-0.39, 0.29) is 0 Å². The van der Waals surface area contributed by atoms with Crippen molar-refractivity contribution in [2.45, 2.75) is 19.3 Å². The van der Waals surface area contributed by atoms with Crippen molar-refractivity contribution in [2.75, 3.05) is 5.73 Å². The number of thiazole rings is 1. The van der Waals surface area contributed by atoms with Crippen LogP contribution in [0, 0.1) is 0 Å². The molecule has 0 saturated heterocycles. The third-order valence-corrected chi connectivity index (χ3v) is 3.96. The van der Waals surface area contributed by atoms with Crippen molar-refractivity contribution in [2.24, 2.45) is 0 Å². The minimum atomic E-state index is 0.808. The predicted octanol–water partition coefficient (Wildman–Crippen LogP) is 2.88. The van der Waals surface area contributed by atoms with E-state index in [1.54, 1.807) is 0 Å². The predicted molar refractivity (Wildman–Crippen MR) is 64.0 cm³/mol. The molecule has 2 N–H and O–H groups in total. The van der Waals surface area contributed by atoms with Crippen molar-refractivity contribution in [3.05, 3.63) is 34.8 Å². The largest absolute Gasteiger partial charge is 0.399 e. The third kappa shape index (κ3) is 1.53. The van der Waals surface area contributed by atoms with E-state index in [0.717, 1.165) is 17.1 Å². The van der Waals surface area contributed by atoms with E-state index >= 15 is 0 Å². The van der Waals surface area contributed by atoms with Gasteiger partial charge in [0, 0.05) is 16.1 Å². The molecule has 0 fully saturated rings. The normalized spacial score (nSPS) is 14.1. The van der Waals surface area contributed by atoms with Crippen LogP contribution < -0.4 is 5.73 Å². The van der Waals surface area contributed by atoms with E-state index < -0.39 is 0 Å². The molecule has 1 aromatic heterocycles. The Bertz CT molecular complexity index is 463. The molecule has 3 rings (SSSR count). The molecule has 0 unspecified atom stereocenters. The number of aryl methyl sites for hydroxylation is 2. The minimum Gasteiger partial charge on any atom is -0.399 e. The van der Waals surface area contributed by atoms with E-state index in [2.05, 4.69) is 4.98 Å². The van der Waals surface area contributed by atoms with Gasteiger partial charge in [-0.3, -0.25) is 0 Å². The lowest BCUT2D eigenvalue weighted by Crippen LogP contribution is -1.84. The number of anilines is 1. The molecular weight excluding hydrogens is 204 g/mol. The second-order valence-electron chi connectivity index (χ2n) is 3.86. The fraction of sp³-hybridized carbons (Fsp3) is 0.250. The maximum atomic E-state index is 5.66. The molecule has 0 spiro atoms. The Morgan fingerprint density at radius 2 is 1.93 bits per heavy atom. The summed E-state index contributed by atoms with van der Waals surface area (Å²) in [5.41, 5.74) is 8.96. The Balaban J connectivity index is 2.02. The van der Waals surface area contributed by atoms with Crippen LogP contribution in [-0.2, 0) is 12.8 Å². The Hall–Kier alpha value is -1.35. The van der Waals surface area contributed by atoms with E-state index in [1.165, 1.54) is 29.0 Å². The molecule has 0 bridgehead atoms. The van der Waals surface area contributed by atoms with Crippen LogP contribution in [-0.4, -0.2) is 4.98 Å². The molecule has 0 amide bonds. The van der Waals surface area contributed by atoms with Crippen LogP contribution in [0.25, 0.3) is 10.6 Å². The second kappa shape index (κ2) is 3.35. The van der Waals surface area contributed by atoms with Gasteiger partial charge in [0.1, 0.15) is 5.01 Å². The lowest BCUT2D eigenvalue weighted by molar-refractivity contribution is 0.900. The summed E-state index contributed by atoms with van der Waals surface area (Å²) < 4.78 is 0. The quantitative estimate of drug-likeness (QED) is 0.744. The molecule has 76 valence electrons. The summed E-state index contributed by atoms with van der Waals surface area (Å²) in [6, 6.07) is 7.95. The van der Waals surface area contributed by atoms with Crippen LogP contribution in [0.3, 0.4) is 0 Å². The number of fused-ring (bicyclic) bond motifs is 1. The number of hydrogen-bond acceptors (Lipinski definition) is 3. The van der Waals surface area contributed by atoms with E-state index in [0.29, 0.717) is 0 Å². The van der Waals surface area contributed by atoms with Crippen LogP contribution in [0.1, 0.15) is 17.0 Å². The van der Waals surface area contributed by atoms with Gasteiger partial charge < -0.3 is 5.73 Å². The van der Waals surface area contributed by atoms with Gasteiger partial charge in [-0.05, 0) is 43.5 Å². The smallest absolute Gasteiger partial charge is 0.123 e. The van der Waals surface area contributed by atoms with Crippen LogP contribution in [0.2, 0.25) is 0 Å². The van der Waals surface area contributed by atoms with Crippen LogP contribution in [0.15, 0.2) is 24.3 Å².